The van der Waals surface area contributed by atoms with Gasteiger partial charge in [0.2, 0.25) is 5.92 Å². The summed E-state index contributed by atoms with van der Waals surface area (Å²) in [5.74, 6) is -4.36. The van der Waals surface area contributed by atoms with Crippen LogP contribution in [0.2, 0.25) is 0 Å². The van der Waals surface area contributed by atoms with E-state index in [4.69, 9.17) is 11.5 Å². The second-order valence-electron chi connectivity index (χ2n) is 7.88. The third-order valence-corrected chi connectivity index (χ3v) is 6.00. The molecule has 1 unspecified atom stereocenters. The molecule has 7 nitrogen and oxygen atoms in total. The van der Waals surface area contributed by atoms with Crippen molar-refractivity contribution in [1.29, 1.82) is 0 Å². The molecule has 1 aromatic heterocycles. The summed E-state index contributed by atoms with van der Waals surface area (Å²) in [6, 6.07) is 4.19. The van der Waals surface area contributed by atoms with Crippen LogP contribution < -0.4 is 11.5 Å². The van der Waals surface area contributed by atoms with E-state index in [1.807, 2.05) is 0 Å². The first-order chi connectivity index (χ1) is 14.2. The van der Waals surface area contributed by atoms with Crippen molar-refractivity contribution in [3.05, 3.63) is 41.3 Å². The van der Waals surface area contributed by atoms with Gasteiger partial charge in [0, 0.05) is 24.9 Å². The molecule has 1 aliphatic heterocycles. The molecular formula is C20H22F3N5O2. The highest BCUT2D eigenvalue weighted by atomic mass is 19.3. The maximum Gasteiger partial charge on any atom is 0.315 e. The predicted octanol–water partition coefficient (Wildman–Crippen LogP) is 3.05. The highest BCUT2D eigenvalue weighted by molar-refractivity contribution is 6.00. The van der Waals surface area contributed by atoms with Gasteiger partial charge in [-0.3, -0.25) is 9.48 Å². The molecule has 2 aliphatic rings. The Bertz CT molecular complexity index is 996. The number of fused-ring (bicyclic) bond motifs is 1. The summed E-state index contributed by atoms with van der Waals surface area (Å²) >= 11 is 0. The van der Waals surface area contributed by atoms with E-state index in [0.717, 1.165) is 0 Å². The molecular weight excluding hydrogens is 399 g/mol. The predicted molar refractivity (Wildman–Crippen MR) is 102 cm³/mol. The van der Waals surface area contributed by atoms with Crippen molar-refractivity contribution in [2.75, 3.05) is 6.54 Å². The molecule has 2 aromatic rings. The van der Waals surface area contributed by atoms with Gasteiger partial charge in [-0.1, -0.05) is 12.1 Å². The number of amides is 3. The van der Waals surface area contributed by atoms with E-state index in [2.05, 4.69) is 5.10 Å². The first-order valence-corrected chi connectivity index (χ1v) is 9.78. The second-order valence-corrected chi connectivity index (χ2v) is 7.88. The fourth-order valence-electron chi connectivity index (χ4n) is 4.62. The zero-order valence-corrected chi connectivity index (χ0v) is 16.2. The number of carbonyl (C=O) groups excluding carboxylic acids is 2. The number of hydrogen-bond donors (Lipinski definition) is 2. The van der Waals surface area contributed by atoms with Crippen LogP contribution in [0.25, 0.3) is 11.3 Å². The summed E-state index contributed by atoms with van der Waals surface area (Å²) < 4.78 is 42.8. The minimum atomic E-state index is -2.75. The van der Waals surface area contributed by atoms with Gasteiger partial charge < -0.3 is 16.4 Å². The lowest BCUT2D eigenvalue weighted by Crippen LogP contribution is -2.49. The average Bonchev–Trinajstić information content (AvgIpc) is 3.07. The Kier molecular flexibility index (Phi) is 4.95. The number of nitrogens with two attached hydrogens (primary N) is 2. The molecule has 1 atom stereocenters. The van der Waals surface area contributed by atoms with Crippen LogP contribution in [0.15, 0.2) is 24.3 Å². The van der Waals surface area contributed by atoms with Crippen molar-refractivity contribution in [1.82, 2.24) is 14.7 Å². The van der Waals surface area contributed by atoms with Gasteiger partial charge in [-0.15, -0.1) is 0 Å². The number of aromatic nitrogens is 2. The Balaban J connectivity index is 1.85. The van der Waals surface area contributed by atoms with Gasteiger partial charge in [0.15, 0.2) is 0 Å². The maximum absolute atomic E-state index is 13.8. The Morgan fingerprint density at radius 1 is 1.13 bits per heavy atom. The van der Waals surface area contributed by atoms with Crippen molar-refractivity contribution >= 4 is 11.9 Å². The molecule has 2 heterocycles. The summed E-state index contributed by atoms with van der Waals surface area (Å²) in [7, 11) is 0. The van der Waals surface area contributed by atoms with Crippen LogP contribution >= 0.6 is 0 Å². The molecule has 4 rings (SSSR count). The van der Waals surface area contributed by atoms with Crippen LogP contribution in [-0.2, 0) is 6.54 Å². The molecule has 0 radical (unpaired) electrons. The fourth-order valence-corrected chi connectivity index (χ4v) is 4.62. The molecule has 4 N–H and O–H groups in total. The molecule has 10 heteroatoms. The van der Waals surface area contributed by atoms with Crippen LogP contribution in [0.1, 0.15) is 47.8 Å². The van der Waals surface area contributed by atoms with E-state index < -0.39 is 29.7 Å². The van der Waals surface area contributed by atoms with Crippen molar-refractivity contribution in [3.63, 3.8) is 0 Å². The van der Waals surface area contributed by atoms with Crippen LogP contribution in [0, 0.1) is 11.7 Å². The van der Waals surface area contributed by atoms with E-state index in [0.29, 0.717) is 11.3 Å². The second kappa shape index (κ2) is 7.33. The van der Waals surface area contributed by atoms with Gasteiger partial charge in [0.1, 0.15) is 11.5 Å². The van der Waals surface area contributed by atoms with Gasteiger partial charge in [0.25, 0.3) is 5.91 Å². The van der Waals surface area contributed by atoms with Crippen molar-refractivity contribution in [3.8, 4) is 11.3 Å². The lowest BCUT2D eigenvalue weighted by atomic mass is 9.78. The third kappa shape index (κ3) is 3.50. The number of urea groups is 1. The highest BCUT2D eigenvalue weighted by Gasteiger charge is 2.45. The van der Waals surface area contributed by atoms with Crippen molar-refractivity contribution < 1.29 is 22.8 Å². The molecule has 3 amide bonds. The van der Waals surface area contributed by atoms with Gasteiger partial charge in [-0.2, -0.15) is 5.10 Å². The minimum Gasteiger partial charge on any atom is -0.365 e. The Morgan fingerprint density at radius 2 is 1.83 bits per heavy atom. The molecule has 1 saturated carbocycles. The smallest absolute Gasteiger partial charge is 0.315 e. The van der Waals surface area contributed by atoms with E-state index in [9.17, 15) is 22.8 Å². The normalized spacial score (nSPS) is 21.3. The number of nitrogens with zero attached hydrogens (tertiary/aromatic N) is 3. The SMILES string of the molecule is NC(=O)c1c(-c2cccc(F)c2)nn2c1C(C1CCC(F)(F)CC1)N(C(N)=O)CC2. The van der Waals surface area contributed by atoms with E-state index in [1.54, 1.807) is 10.7 Å². The summed E-state index contributed by atoms with van der Waals surface area (Å²) in [5.41, 5.74) is 12.3. The van der Waals surface area contributed by atoms with Crippen LogP contribution in [-0.4, -0.2) is 39.1 Å². The number of rotatable bonds is 3. The largest absolute Gasteiger partial charge is 0.365 e. The van der Waals surface area contributed by atoms with E-state index in [-0.39, 0.29) is 55.9 Å². The van der Waals surface area contributed by atoms with E-state index in [1.165, 1.54) is 23.1 Å². The summed E-state index contributed by atoms with van der Waals surface area (Å²) in [6.07, 6.45) is -0.282. The highest BCUT2D eigenvalue weighted by Crippen LogP contribution is 2.46. The minimum absolute atomic E-state index is 0.0638. The summed E-state index contributed by atoms with van der Waals surface area (Å²) in [5, 5.41) is 4.47. The molecule has 0 bridgehead atoms. The maximum atomic E-state index is 13.8. The zero-order valence-electron chi connectivity index (χ0n) is 16.2. The summed E-state index contributed by atoms with van der Waals surface area (Å²) in [4.78, 5) is 26.0. The van der Waals surface area contributed by atoms with Crippen LogP contribution in [0.3, 0.4) is 0 Å². The van der Waals surface area contributed by atoms with Gasteiger partial charge in [-0.25, -0.2) is 18.0 Å². The number of primary amides is 2. The monoisotopic (exact) mass is 421 g/mol. The van der Waals surface area contributed by atoms with Gasteiger partial charge in [-0.05, 0) is 30.9 Å². The van der Waals surface area contributed by atoms with Crippen LogP contribution in [0.4, 0.5) is 18.0 Å². The third-order valence-electron chi connectivity index (χ3n) is 6.00. The Labute approximate surface area is 170 Å². The number of carbonyl (C=O) groups is 2. The topological polar surface area (TPSA) is 107 Å². The first-order valence-electron chi connectivity index (χ1n) is 9.78. The first kappa shape index (κ1) is 20.2. The van der Waals surface area contributed by atoms with Gasteiger partial charge >= 0.3 is 6.03 Å². The lowest BCUT2D eigenvalue weighted by molar-refractivity contribution is -0.0562. The molecule has 1 fully saturated rings. The average molecular weight is 421 g/mol. The summed E-state index contributed by atoms with van der Waals surface area (Å²) in [6.45, 7) is 0.482. The zero-order chi connectivity index (χ0) is 21.6. The molecule has 0 saturated heterocycles. The van der Waals surface area contributed by atoms with Gasteiger partial charge in [0.05, 0.1) is 23.8 Å². The van der Waals surface area contributed by atoms with E-state index >= 15 is 0 Å². The lowest BCUT2D eigenvalue weighted by Gasteiger charge is -2.42. The number of halogens is 3. The molecule has 1 aliphatic carbocycles. The fraction of sp³-hybridized carbons (Fsp3) is 0.450. The van der Waals surface area contributed by atoms with Crippen molar-refractivity contribution in [2.45, 2.75) is 44.2 Å². The molecule has 160 valence electrons. The molecule has 1 aromatic carbocycles. The quantitative estimate of drug-likeness (QED) is 0.795. The van der Waals surface area contributed by atoms with Crippen molar-refractivity contribution in [2.24, 2.45) is 17.4 Å². The number of alkyl halides is 2. The number of benzene rings is 1. The Hall–Kier alpha value is -3.04. The van der Waals surface area contributed by atoms with Crippen LogP contribution in [0.5, 0.6) is 0 Å². The standard InChI is InChI=1S/C20H22F3N5O2/c21-13-3-1-2-12(10-13)15-14(18(24)29)17-16(11-4-6-20(22,23)7-5-11)27(19(25)30)8-9-28(17)26-15/h1-3,10-11,16H,4-9H2,(H2,24,29)(H2,25,30). The number of hydrogen-bond acceptors (Lipinski definition) is 3. The molecule has 30 heavy (non-hydrogen) atoms. The Morgan fingerprint density at radius 3 is 2.43 bits per heavy atom. The molecule has 0 spiro atoms.